The fraction of sp³-hybridized carbons (Fsp3) is 0. The number of hydrogen-bond donors (Lipinski definition) is 2. The molecule has 0 radical (unpaired) electrons. The Bertz CT molecular complexity index is 561. The molecule has 4 nitrogen and oxygen atoms in total. The maximum atomic E-state index is 11.4. The van der Waals surface area contributed by atoms with Crippen molar-refractivity contribution in [1.29, 1.82) is 0 Å². The van der Waals surface area contributed by atoms with Gasteiger partial charge in [-0.05, 0) is 17.8 Å². The SMILES string of the molecule is O=S(=O)(NCl)c1c[nH]c2ccccc12. The van der Waals surface area contributed by atoms with Gasteiger partial charge in [-0.1, -0.05) is 18.2 Å². The Hall–Kier alpha value is -1.04. The van der Waals surface area contributed by atoms with Gasteiger partial charge in [0, 0.05) is 17.1 Å². The van der Waals surface area contributed by atoms with Gasteiger partial charge in [0.2, 0.25) is 0 Å². The van der Waals surface area contributed by atoms with Gasteiger partial charge in [0.05, 0.1) is 0 Å². The van der Waals surface area contributed by atoms with E-state index >= 15 is 0 Å². The summed E-state index contributed by atoms with van der Waals surface area (Å²) in [6, 6.07) is 7.10. The van der Waals surface area contributed by atoms with Gasteiger partial charge in [-0.3, -0.25) is 0 Å². The van der Waals surface area contributed by atoms with Crippen molar-refractivity contribution in [3.05, 3.63) is 30.5 Å². The maximum absolute atomic E-state index is 11.4. The number of para-hydroxylation sites is 1. The van der Waals surface area contributed by atoms with Gasteiger partial charge in [-0.2, -0.15) is 0 Å². The zero-order valence-electron chi connectivity index (χ0n) is 6.99. The Labute approximate surface area is 86.0 Å². The molecule has 74 valence electrons. The number of sulfonamides is 1. The van der Waals surface area contributed by atoms with E-state index in [-0.39, 0.29) is 4.90 Å². The Morgan fingerprint density at radius 3 is 2.71 bits per heavy atom. The van der Waals surface area contributed by atoms with E-state index in [9.17, 15) is 8.42 Å². The fourth-order valence-electron chi connectivity index (χ4n) is 1.31. The van der Waals surface area contributed by atoms with Gasteiger partial charge in [-0.25, -0.2) is 8.42 Å². The van der Waals surface area contributed by atoms with Crippen molar-refractivity contribution >= 4 is 32.7 Å². The summed E-state index contributed by atoms with van der Waals surface area (Å²) in [6.45, 7) is 0. The van der Waals surface area contributed by atoms with E-state index in [1.807, 2.05) is 6.07 Å². The Morgan fingerprint density at radius 1 is 1.29 bits per heavy atom. The molecule has 2 rings (SSSR count). The van der Waals surface area contributed by atoms with Crippen LogP contribution in [0.1, 0.15) is 0 Å². The highest BCUT2D eigenvalue weighted by atomic mass is 35.5. The molecule has 2 N–H and O–H groups in total. The second kappa shape index (κ2) is 3.27. The van der Waals surface area contributed by atoms with Crippen LogP contribution in [0.3, 0.4) is 0 Å². The molecule has 0 fully saturated rings. The number of rotatable bonds is 2. The highest BCUT2D eigenvalue weighted by Crippen LogP contribution is 2.21. The summed E-state index contributed by atoms with van der Waals surface area (Å²) in [7, 11) is -3.60. The molecule has 0 unspecified atom stereocenters. The highest BCUT2D eigenvalue weighted by Gasteiger charge is 2.16. The number of halogens is 1. The zero-order valence-corrected chi connectivity index (χ0v) is 8.56. The lowest BCUT2D eigenvalue weighted by molar-refractivity contribution is 0.595. The molecule has 1 heterocycles. The number of fused-ring (bicyclic) bond motifs is 1. The van der Waals surface area contributed by atoms with E-state index in [1.54, 1.807) is 22.4 Å². The van der Waals surface area contributed by atoms with Crippen LogP contribution in [0.4, 0.5) is 0 Å². The van der Waals surface area contributed by atoms with Crippen molar-refractivity contribution in [3.8, 4) is 0 Å². The van der Waals surface area contributed by atoms with E-state index in [2.05, 4.69) is 4.98 Å². The molecule has 0 saturated carbocycles. The summed E-state index contributed by atoms with van der Waals surface area (Å²) in [5, 5.41) is 0.626. The number of aromatic amines is 1. The monoisotopic (exact) mass is 230 g/mol. The highest BCUT2D eigenvalue weighted by molar-refractivity contribution is 7.90. The zero-order chi connectivity index (χ0) is 10.2. The standard InChI is InChI=1S/C8H7ClN2O2S/c9-11-14(12,13)8-5-10-7-4-2-1-3-6(7)8/h1-5,10-11H. The van der Waals surface area contributed by atoms with Crippen LogP contribution in [0.15, 0.2) is 35.4 Å². The molecule has 1 aromatic heterocycles. The van der Waals surface area contributed by atoms with Crippen molar-refractivity contribution < 1.29 is 8.42 Å². The number of nitrogens with one attached hydrogen (secondary N) is 2. The van der Waals surface area contributed by atoms with Crippen LogP contribution >= 0.6 is 11.8 Å². The third-order valence-electron chi connectivity index (χ3n) is 1.94. The molecule has 0 saturated heterocycles. The minimum absolute atomic E-state index is 0.156. The molecule has 0 spiro atoms. The topological polar surface area (TPSA) is 62.0 Å². The van der Waals surface area contributed by atoms with Crippen molar-refractivity contribution in [2.45, 2.75) is 4.90 Å². The number of aromatic nitrogens is 1. The summed E-state index contributed by atoms with van der Waals surface area (Å²) >= 11 is 5.13. The fourth-order valence-corrected chi connectivity index (χ4v) is 2.32. The average Bonchev–Trinajstić information content (AvgIpc) is 2.61. The Balaban J connectivity index is 2.77. The number of benzene rings is 1. The second-order valence-electron chi connectivity index (χ2n) is 2.78. The second-order valence-corrected chi connectivity index (χ2v) is 4.84. The third-order valence-corrected chi connectivity index (χ3v) is 3.67. The molecule has 0 bridgehead atoms. The van der Waals surface area contributed by atoms with Gasteiger partial charge in [0.25, 0.3) is 10.0 Å². The van der Waals surface area contributed by atoms with Crippen molar-refractivity contribution in [2.75, 3.05) is 0 Å². The predicted molar refractivity (Wildman–Crippen MR) is 54.5 cm³/mol. The first-order chi connectivity index (χ1) is 6.65. The van der Waals surface area contributed by atoms with Gasteiger partial charge in [0.15, 0.2) is 0 Å². The van der Waals surface area contributed by atoms with E-state index < -0.39 is 10.0 Å². The molecule has 0 aliphatic carbocycles. The molecule has 6 heteroatoms. The third kappa shape index (κ3) is 1.39. The van der Waals surface area contributed by atoms with Crippen molar-refractivity contribution in [2.24, 2.45) is 0 Å². The van der Waals surface area contributed by atoms with Gasteiger partial charge in [-0.15, -0.1) is 4.24 Å². The van der Waals surface area contributed by atoms with Crippen LogP contribution in [0.2, 0.25) is 0 Å². The van der Waals surface area contributed by atoms with Gasteiger partial charge >= 0.3 is 0 Å². The maximum Gasteiger partial charge on any atom is 0.256 e. The molecule has 0 aliphatic rings. The lowest BCUT2D eigenvalue weighted by atomic mass is 10.2. The molecule has 0 aliphatic heterocycles. The molecule has 1 aromatic carbocycles. The summed E-state index contributed by atoms with van der Waals surface area (Å²) < 4.78 is 24.6. The molecule has 2 aromatic rings. The Kier molecular flexibility index (Phi) is 2.22. The normalized spacial score (nSPS) is 12.1. The van der Waals surface area contributed by atoms with Crippen LogP contribution in [-0.4, -0.2) is 13.4 Å². The van der Waals surface area contributed by atoms with E-state index in [4.69, 9.17) is 11.8 Å². The summed E-state index contributed by atoms with van der Waals surface area (Å²) in [6.07, 6.45) is 1.41. The minimum Gasteiger partial charge on any atom is -0.360 e. The van der Waals surface area contributed by atoms with Crippen LogP contribution in [0.5, 0.6) is 0 Å². The number of H-pyrrole nitrogens is 1. The lowest BCUT2D eigenvalue weighted by Gasteiger charge is -1.97. The lowest BCUT2D eigenvalue weighted by Crippen LogP contribution is -2.12. The molecule has 14 heavy (non-hydrogen) atoms. The van der Waals surface area contributed by atoms with Crippen LogP contribution in [-0.2, 0) is 10.0 Å². The Morgan fingerprint density at radius 2 is 2.00 bits per heavy atom. The number of hydrogen-bond acceptors (Lipinski definition) is 2. The first-order valence-electron chi connectivity index (χ1n) is 3.84. The summed E-state index contributed by atoms with van der Waals surface area (Å²) in [4.78, 5) is 3.01. The van der Waals surface area contributed by atoms with Crippen LogP contribution in [0.25, 0.3) is 10.9 Å². The minimum atomic E-state index is -3.60. The molecule has 0 amide bonds. The van der Waals surface area contributed by atoms with Crippen LogP contribution < -0.4 is 4.24 Å². The van der Waals surface area contributed by atoms with Crippen molar-refractivity contribution in [1.82, 2.24) is 9.23 Å². The van der Waals surface area contributed by atoms with E-state index in [1.165, 1.54) is 6.20 Å². The van der Waals surface area contributed by atoms with Crippen LogP contribution in [0, 0.1) is 0 Å². The summed E-state index contributed by atoms with van der Waals surface area (Å²) in [5.74, 6) is 0. The smallest absolute Gasteiger partial charge is 0.256 e. The molecular weight excluding hydrogens is 224 g/mol. The first kappa shape index (κ1) is 9.51. The average molecular weight is 231 g/mol. The van der Waals surface area contributed by atoms with E-state index in [0.717, 1.165) is 5.52 Å². The van der Waals surface area contributed by atoms with Gasteiger partial charge < -0.3 is 4.98 Å². The molecule has 0 atom stereocenters. The quantitative estimate of drug-likeness (QED) is 0.770. The van der Waals surface area contributed by atoms with E-state index in [0.29, 0.717) is 5.39 Å². The molecular formula is C8H7ClN2O2S. The summed E-state index contributed by atoms with van der Waals surface area (Å²) in [5.41, 5.74) is 0.762. The predicted octanol–water partition coefficient (Wildman–Crippen LogP) is 1.60. The van der Waals surface area contributed by atoms with Gasteiger partial charge in [0.1, 0.15) is 4.90 Å². The van der Waals surface area contributed by atoms with Crippen molar-refractivity contribution in [3.63, 3.8) is 0 Å². The first-order valence-corrected chi connectivity index (χ1v) is 5.70. The largest absolute Gasteiger partial charge is 0.360 e.